The second-order valence-corrected chi connectivity index (χ2v) is 4.86. The van der Waals surface area contributed by atoms with E-state index in [1.54, 1.807) is 20.8 Å². The van der Waals surface area contributed by atoms with Gasteiger partial charge < -0.3 is 9.84 Å². The van der Waals surface area contributed by atoms with Crippen LogP contribution in [0.1, 0.15) is 20.8 Å². The maximum atomic E-state index is 11.2. The van der Waals surface area contributed by atoms with E-state index >= 15 is 0 Å². The number of rotatable bonds is 3. The molecule has 70 valence electrons. The lowest BCUT2D eigenvalue weighted by Gasteiger charge is -2.19. The Morgan fingerprint density at radius 2 is 2.17 bits per heavy atom. The first-order chi connectivity index (χ1) is 5.40. The Kier molecular flexibility index (Phi) is 4.55. The van der Waals surface area contributed by atoms with Gasteiger partial charge in [0, 0.05) is 0 Å². The van der Waals surface area contributed by atoms with Crippen LogP contribution in [-0.4, -0.2) is 26.8 Å². The fourth-order valence-electron chi connectivity index (χ4n) is 0.565. The van der Waals surface area contributed by atoms with Gasteiger partial charge in [-0.2, -0.15) is 0 Å². The van der Waals surface area contributed by atoms with Gasteiger partial charge in [0.15, 0.2) is 0 Å². The highest BCUT2D eigenvalue weighted by atomic mass is 32.2. The van der Waals surface area contributed by atoms with Gasteiger partial charge in [0.25, 0.3) is 0 Å². The van der Waals surface area contributed by atoms with Crippen molar-refractivity contribution in [2.75, 3.05) is 6.61 Å². The monoisotopic (exact) mass is 208 g/mol. The van der Waals surface area contributed by atoms with E-state index in [1.165, 1.54) is 0 Å². The van der Waals surface area contributed by atoms with Crippen LogP contribution in [0.2, 0.25) is 0 Å². The van der Waals surface area contributed by atoms with Gasteiger partial charge in [0.1, 0.15) is 4.75 Å². The fraction of sp³-hybridized carbons (Fsp3) is 0.714. The van der Waals surface area contributed by atoms with Gasteiger partial charge in [-0.1, -0.05) is 11.8 Å². The van der Waals surface area contributed by atoms with Crippen molar-refractivity contribution in [1.29, 1.82) is 0 Å². The lowest BCUT2D eigenvalue weighted by atomic mass is 10.2. The molecule has 0 unspecified atom stereocenters. The quantitative estimate of drug-likeness (QED) is 0.567. The highest BCUT2D eigenvalue weighted by Gasteiger charge is 2.31. The van der Waals surface area contributed by atoms with Crippen molar-refractivity contribution in [1.82, 2.24) is 0 Å². The third kappa shape index (κ3) is 3.92. The summed E-state index contributed by atoms with van der Waals surface area (Å²) in [5, 5.41) is 8.79. The number of aliphatic hydroxyl groups excluding tert-OH is 1. The van der Waals surface area contributed by atoms with Crippen LogP contribution < -0.4 is 0 Å². The molecule has 5 heteroatoms. The van der Waals surface area contributed by atoms with Crippen LogP contribution in [0.15, 0.2) is 0 Å². The van der Waals surface area contributed by atoms with Crippen LogP contribution in [0.3, 0.4) is 0 Å². The van der Waals surface area contributed by atoms with Crippen LogP contribution in [-0.2, 0) is 9.53 Å². The number of ether oxygens (including phenoxy) is 1. The van der Waals surface area contributed by atoms with E-state index in [0.29, 0.717) is 6.61 Å². The zero-order chi connectivity index (χ0) is 9.78. The maximum absolute atomic E-state index is 11.2. The van der Waals surface area contributed by atoms with Crippen molar-refractivity contribution in [3.63, 3.8) is 0 Å². The summed E-state index contributed by atoms with van der Waals surface area (Å²) in [4.78, 5) is 11.2. The minimum absolute atomic E-state index is 0.243. The predicted molar refractivity (Wildman–Crippen MR) is 53.5 cm³/mol. The Morgan fingerprint density at radius 3 is 2.50 bits per heavy atom. The second kappa shape index (κ2) is 4.67. The molecular weight excluding hydrogens is 196 g/mol. The summed E-state index contributed by atoms with van der Waals surface area (Å²) in [7, 11) is 0. The summed E-state index contributed by atoms with van der Waals surface area (Å²) in [5.74, 6) is -0.369. The zero-order valence-corrected chi connectivity index (χ0v) is 8.92. The molecular formula is C7H12O3S2. The first-order valence-corrected chi connectivity index (χ1v) is 4.71. The van der Waals surface area contributed by atoms with Crippen molar-refractivity contribution < 1.29 is 14.6 Å². The van der Waals surface area contributed by atoms with E-state index in [1.807, 2.05) is 0 Å². The molecule has 0 aliphatic rings. The number of thiocarbonyl (C=S) groups is 1. The molecule has 12 heavy (non-hydrogen) atoms. The second-order valence-electron chi connectivity index (χ2n) is 2.60. The molecule has 0 atom stereocenters. The van der Waals surface area contributed by atoms with E-state index in [2.05, 4.69) is 12.2 Å². The average Bonchev–Trinajstić information content (AvgIpc) is 1.85. The maximum Gasteiger partial charge on any atom is 0.322 e. The van der Waals surface area contributed by atoms with Gasteiger partial charge in [-0.3, -0.25) is 4.79 Å². The number of carbonyl (C=O) groups is 1. The molecule has 0 rings (SSSR count). The Hall–Kier alpha value is -0.290. The van der Waals surface area contributed by atoms with Crippen molar-refractivity contribution in [2.24, 2.45) is 0 Å². The Labute approximate surface area is 81.5 Å². The molecule has 0 radical (unpaired) electrons. The van der Waals surface area contributed by atoms with Crippen LogP contribution in [0, 0.1) is 0 Å². The normalized spacial score (nSPS) is 10.9. The van der Waals surface area contributed by atoms with Gasteiger partial charge in [0.2, 0.25) is 4.38 Å². The van der Waals surface area contributed by atoms with Gasteiger partial charge in [-0.05, 0) is 33.0 Å². The molecule has 0 spiro atoms. The van der Waals surface area contributed by atoms with Gasteiger partial charge in [0.05, 0.1) is 6.61 Å². The first-order valence-electron chi connectivity index (χ1n) is 3.49. The van der Waals surface area contributed by atoms with E-state index < -0.39 is 4.75 Å². The third-order valence-corrected chi connectivity index (χ3v) is 2.21. The topological polar surface area (TPSA) is 46.5 Å². The lowest BCUT2D eigenvalue weighted by Crippen LogP contribution is -2.31. The summed E-state index contributed by atoms with van der Waals surface area (Å²) in [6.07, 6.45) is 0. The number of aliphatic hydroxyl groups is 1. The molecule has 0 aromatic rings. The van der Waals surface area contributed by atoms with E-state index in [-0.39, 0.29) is 10.4 Å². The number of hydrogen-bond donors (Lipinski definition) is 1. The third-order valence-electron chi connectivity index (χ3n) is 1.11. The van der Waals surface area contributed by atoms with Gasteiger partial charge in [-0.15, -0.1) is 0 Å². The largest absolute Gasteiger partial charge is 0.494 e. The minimum Gasteiger partial charge on any atom is -0.494 e. The Bertz CT molecular complexity index is 189. The van der Waals surface area contributed by atoms with Crippen LogP contribution in [0.4, 0.5) is 0 Å². The highest BCUT2D eigenvalue weighted by molar-refractivity contribution is 8.23. The molecule has 0 aromatic heterocycles. The highest BCUT2D eigenvalue weighted by Crippen LogP contribution is 2.26. The van der Waals surface area contributed by atoms with Crippen molar-refractivity contribution in [3.8, 4) is 0 Å². The average molecular weight is 208 g/mol. The molecule has 0 saturated carbocycles. The molecule has 0 aromatic carbocycles. The molecule has 0 aliphatic carbocycles. The summed E-state index contributed by atoms with van der Waals surface area (Å²) in [5.41, 5.74) is 0. The summed E-state index contributed by atoms with van der Waals surface area (Å²) >= 11 is 5.38. The zero-order valence-electron chi connectivity index (χ0n) is 7.29. The van der Waals surface area contributed by atoms with Crippen molar-refractivity contribution >= 4 is 34.3 Å². The number of carbonyl (C=O) groups excluding carboxylic acids is 1. The van der Waals surface area contributed by atoms with Crippen LogP contribution in [0.25, 0.3) is 0 Å². The molecule has 0 amide bonds. The van der Waals surface area contributed by atoms with Crippen molar-refractivity contribution in [2.45, 2.75) is 25.5 Å². The molecule has 1 N–H and O–H groups in total. The van der Waals surface area contributed by atoms with E-state index in [0.717, 1.165) is 11.8 Å². The Balaban J connectivity index is 4.18. The van der Waals surface area contributed by atoms with Crippen LogP contribution in [0.5, 0.6) is 0 Å². The molecule has 3 nitrogen and oxygen atoms in total. The number of hydrogen-bond acceptors (Lipinski definition) is 4. The first kappa shape index (κ1) is 11.7. The van der Waals surface area contributed by atoms with E-state index in [4.69, 9.17) is 9.84 Å². The standard InChI is InChI=1S/C7H12O3S2/c1-4-10-5(8)7(2,3)12-6(9)11/h4H2,1-3H3,(H,9,11). The minimum atomic E-state index is -0.804. The number of thioether (sulfide) groups is 1. The molecule has 0 aliphatic heterocycles. The van der Waals surface area contributed by atoms with Gasteiger partial charge >= 0.3 is 5.97 Å². The summed E-state index contributed by atoms with van der Waals surface area (Å²) < 4.78 is 3.73. The molecule has 0 heterocycles. The van der Waals surface area contributed by atoms with E-state index in [9.17, 15) is 4.79 Å². The molecule has 0 bridgehead atoms. The van der Waals surface area contributed by atoms with Crippen LogP contribution >= 0.6 is 24.0 Å². The number of esters is 1. The summed E-state index contributed by atoms with van der Waals surface area (Å²) in [6, 6.07) is 0. The summed E-state index contributed by atoms with van der Waals surface area (Å²) in [6.45, 7) is 5.37. The Morgan fingerprint density at radius 1 is 1.67 bits per heavy atom. The molecule has 0 saturated heterocycles. The lowest BCUT2D eigenvalue weighted by molar-refractivity contribution is -0.145. The molecule has 0 fully saturated rings. The SMILES string of the molecule is CCOC(=O)C(C)(C)SC(O)=S. The fourth-order valence-corrected chi connectivity index (χ4v) is 1.77. The van der Waals surface area contributed by atoms with Gasteiger partial charge in [-0.25, -0.2) is 0 Å². The predicted octanol–water partition coefficient (Wildman–Crippen LogP) is 1.90. The van der Waals surface area contributed by atoms with Crippen molar-refractivity contribution in [3.05, 3.63) is 0 Å². The smallest absolute Gasteiger partial charge is 0.322 e.